The normalized spacial score (nSPS) is 18.7. The fourth-order valence-corrected chi connectivity index (χ4v) is 8.41. The number of nitrogens with zero attached hydrogens (tertiary/aromatic N) is 3. The third kappa shape index (κ3) is 5.49. The van der Waals surface area contributed by atoms with Gasteiger partial charge in [0.15, 0.2) is 0 Å². The van der Waals surface area contributed by atoms with Crippen molar-refractivity contribution in [2.75, 3.05) is 18.0 Å². The second-order valence-corrected chi connectivity index (χ2v) is 13.8. The molecule has 4 aromatic rings. The molecule has 2 fully saturated rings. The molecule has 2 aromatic carbocycles. The minimum absolute atomic E-state index is 0.0268. The first-order chi connectivity index (χ1) is 20.3. The summed E-state index contributed by atoms with van der Waals surface area (Å²) in [5.74, 6) is -1.47. The molecule has 1 saturated carbocycles. The number of aromatic nitrogens is 1. The maximum absolute atomic E-state index is 13.9. The van der Waals surface area contributed by atoms with Crippen molar-refractivity contribution < 1.29 is 23.1 Å². The number of piperazine rings is 1. The molecule has 1 unspecified atom stereocenters. The average molecular weight is 602 g/mol. The van der Waals surface area contributed by atoms with Gasteiger partial charge in [-0.1, -0.05) is 79.9 Å². The predicted octanol–water partition coefficient (Wildman–Crippen LogP) is 6.16. The number of rotatable bonds is 7. The molecule has 1 aliphatic carbocycles. The number of carbonyl (C=O) groups is 2. The number of carboxylic acid groups (broad SMARTS) is 1. The molecule has 2 aliphatic rings. The van der Waals surface area contributed by atoms with Gasteiger partial charge in [-0.15, -0.1) is 11.3 Å². The quantitative estimate of drug-likeness (QED) is 0.272. The second-order valence-electron chi connectivity index (χ2n) is 10.8. The summed E-state index contributed by atoms with van der Waals surface area (Å²) < 4.78 is 28.9. The van der Waals surface area contributed by atoms with Crippen LogP contribution in [0.25, 0.3) is 21.7 Å². The van der Waals surface area contributed by atoms with Gasteiger partial charge in [-0.3, -0.25) is 9.78 Å². The number of thiophene rings is 1. The van der Waals surface area contributed by atoms with Crippen LogP contribution in [0.15, 0.2) is 90.0 Å². The van der Waals surface area contributed by atoms with Gasteiger partial charge in [0.25, 0.3) is 0 Å². The fourth-order valence-electron chi connectivity index (χ4n) is 6.06. The highest BCUT2D eigenvalue weighted by Gasteiger charge is 2.44. The van der Waals surface area contributed by atoms with E-state index >= 15 is 0 Å². The van der Waals surface area contributed by atoms with Crippen molar-refractivity contribution in [1.82, 2.24) is 9.29 Å². The van der Waals surface area contributed by atoms with Gasteiger partial charge in [-0.25, -0.2) is 13.2 Å². The molecule has 0 bridgehead atoms. The van der Waals surface area contributed by atoms with Crippen molar-refractivity contribution in [3.63, 3.8) is 0 Å². The molecule has 6 rings (SSSR count). The Bertz CT molecular complexity index is 1680. The fraction of sp³-hybridized carbons (Fsp3) is 0.281. The predicted molar refractivity (Wildman–Crippen MR) is 163 cm³/mol. The number of anilines is 1. The Labute approximate surface area is 249 Å². The van der Waals surface area contributed by atoms with Crippen LogP contribution in [0.3, 0.4) is 0 Å². The smallest absolute Gasteiger partial charge is 0.348 e. The summed E-state index contributed by atoms with van der Waals surface area (Å²) in [7, 11) is -4.03. The summed E-state index contributed by atoms with van der Waals surface area (Å²) >= 11 is 1.13. The van der Waals surface area contributed by atoms with Gasteiger partial charge < -0.3 is 10.0 Å². The van der Waals surface area contributed by atoms with Crippen LogP contribution in [0.5, 0.6) is 0 Å². The van der Waals surface area contributed by atoms with E-state index in [1.807, 2.05) is 60.7 Å². The molecule has 1 atom stereocenters. The summed E-state index contributed by atoms with van der Waals surface area (Å²) in [5.41, 5.74) is 2.74. The summed E-state index contributed by atoms with van der Waals surface area (Å²) in [6, 6.07) is 23.5. The van der Waals surface area contributed by atoms with E-state index in [-0.39, 0.29) is 28.8 Å². The van der Waals surface area contributed by atoms with Crippen LogP contribution in [0, 0.1) is 5.92 Å². The van der Waals surface area contributed by atoms with E-state index in [0.29, 0.717) is 11.4 Å². The Hall–Kier alpha value is -3.86. The largest absolute Gasteiger partial charge is 0.477 e. The molecule has 1 amide bonds. The van der Waals surface area contributed by atoms with Crippen molar-refractivity contribution in [3.8, 4) is 21.7 Å². The highest BCUT2D eigenvalue weighted by molar-refractivity contribution is 7.89. The summed E-state index contributed by atoms with van der Waals surface area (Å²) in [6.45, 7) is -0.281. The third-order valence-electron chi connectivity index (χ3n) is 8.16. The Morgan fingerprint density at radius 2 is 1.57 bits per heavy atom. The zero-order valence-electron chi connectivity index (χ0n) is 22.9. The minimum Gasteiger partial charge on any atom is -0.477 e. The Morgan fingerprint density at radius 1 is 0.905 bits per heavy atom. The molecule has 1 saturated heterocycles. The van der Waals surface area contributed by atoms with Gasteiger partial charge in [-0.2, -0.15) is 4.31 Å². The lowest BCUT2D eigenvalue weighted by Crippen LogP contribution is -2.60. The van der Waals surface area contributed by atoms with E-state index < -0.39 is 27.9 Å². The van der Waals surface area contributed by atoms with Crippen LogP contribution in [0.1, 0.15) is 41.8 Å². The number of amides is 1. The maximum atomic E-state index is 13.9. The summed E-state index contributed by atoms with van der Waals surface area (Å²) in [4.78, 5) is 33.2. The third-order valence-corrected chi connectivity index (χ3v) is 11.1. The van der Waals surface area contributed by atoms with Gasteiger partial charge in [0.05, 0.1) is 24.0 Å². The van der Waals surface area contributed by atoms with Gasteiger partial charge in [0.1, 0.15) is 9.77 Å². The molecule has 42 heavy (non-hydrogen) atoms. The Morgan fingerprint density at radius 3 is 2.19 bits per heavy atom. The lowest BCUT2D eigenvalue weighted by molar-refractivity contribution is -0.121. The van der Waals surface area contributed by atoms with Gasteiger partial charge in [0, 0.05) is 23.2 Å². The number of benzene rings is 2. The van der Waals surface area contributed by atoms with E-state index in [9.17, 15) is 23.1 Å². The number of hydrogen-bond acceptors (Lipinski definition) is 6. The van der Waals surface area contributed by atoms with E-state index in [2.05, 4.69) is 4.98 Å². The SMILES string of the molecule is O=C(O)c1sc(-c2ccccc2)cc1N1C(=O)CN(S(=O)(=O)c2ccc(-c3ccccc3)nc2)CC1C1CCCCC1. The number of hydrogen-bond donors (Lipinski definition) is 1. The first kappa shape index (κ1) is 28.3. The van der Waals surface area contributed by atoms with Gasteiger partial charge >= 0.3 is 5.97 Å². The van der Waals surface area contributed by atoms with E-state index in [0.717, 1.165) is 59.4 Å². The zero-order valence-corrected chi connectivity index (χ0v) is 24.6. The summed E-state index contributed by atoms with van der Waals surface area (Å²) in [6.07, 6.45) is 6.13. The zero-order chi connectivity index (χ0) is 29.3. The first-order valence-corrected chi connectivity index (χ1v) is 16.3. The van der Waals surface area contributed by atoms with E-state index in [4.69, 9.17) is 0 Å². The van der Waals surface area contributed by atoms with Crippen molar-refractivity contribution in [1.29, 1.82) is 0 Å². The lowest BCUT2D eigenvalue weighted by atomic mass is 9.82. The van der Waals surface area contributed by atoms with Crippen LogP contribution in [-0.2, 0) is 14.8 Å². The van der Waals surface area contributed by atoms with Crippen molar-refractivity contribution in [3.05, 3.63) is 89.9 Å². The molecule has 216 valence electrons. The van der Waals surface area contributed by atoms with Crippen LogP contribution in [0.2, 0.25) is 0 Å². The van der Waals surface area contributed by atoms with Crippen LogP contribution >= 0.6 is 11.3 Å². The number of carboxylic acids is 1. The Balaban J connectivity index is 1.35. The molecule has 2 aromatic heterocycles. The topological polar surface area (TPSA) is 108 Å². The minimum atomic E-state index is -4.03. The molecule has 1 aliphatic heterocycles. The molecule has 10 heteroatoms. The van der Waals surface area contributed by atoms with Crippen molar-refractivity contribution in [2.24, 2.45) is 5.92 Å². The second kappa shape index (κ2) is 11.8. The first-order valence-electron chi connectivity index (χ1n) is 14.1. The number of sulfonamides is 1. The molecule has 0 radical (unpaired) electrons. The monoisotopic (exact) mass is 601 g/mol. The molecular formula is C32H31N3O5S2. The molecular weight excluding hydrogens is 571 g/mol. The number of carbonyl (C=O) groups excluding carboxylic acids is 1. The lowest BCUT2D eigenvalue weighted by Gasteiger charge is -2.44. The van der Waals surface area contributed by atoms with E-state index in [1.165, 1.54) is 16.6 Å². The van der Waals surface area contributed by atoms with Crippen LogP contribution in [0.4, 0.5) is 5.69 Å². The Kier molecular flexibility index (Phi) is 7.94. The molecule has 0 spiro atoms. The average Bonchev–Trinajstić information content (AvgIpc) is 3.47. The van der Waals surface area contributed by atoms with Crippen molar-refractivity contribution >= 4 is 38.9 Å². The van der Waals surface area contributed by atoms with E-state index in [1.54, 1.807) is 17.0 Å². The molecule has 1 N–H and O–H groups in total. The molecule has 8 nitrogen and oxygen atoms in total. The van der Waals surface area contributed by atoms with Crippen LogP contribution in [-0.4, -0.2) is 53.8 Å². The number of pyridine rings is 1. The van der Waals surface area contributed by atoms with Crippen LogP contribution < -0.4 is 4.90 Å². The highest BCUT2D eigenvalue weighted by Crippen LogP contribution is 2.42. The van der Waals surface area contributed by atoms with Gasteiger partial charge in [0.2, 0.25) is 15.9 Å². The standard InChI is InChI=1S/C32H31N3O5S2/c36-30-21-34(42(39,40)25-16-17-26(33-19-25)22-10-4-1-5-11-22)20-28(23-12-6-2-7-13-23)35(30)27-18-29(41-31(27)32(37)38)24-14-8-3-9-15-24/h1,3-5,8-11,14-19,23,28H,2,6-7,12-13,20-21H2,(H,37,38). The molecule has 3 heterocycles. The maximum Gasteiger partial charge on any atom is 0.348 e. The highest BCUT2D eigenvalue weighted by atomic mass is 32.2. The van der Waals surface area contributed by atoms with Gasteiger partial charge in [-0.05, 0) is 42.5 Å². The summed E-state index contributed by atoms with van der Waals surface area (Å²) in [5, 5.41) is 10.1. The van der Waals surface area contributed by atoms with Crippen molar-refractivity contribution in [2.45, 2.75) is 43.0 Å². The number of aromatic carboxylic acids is 1.